The fourth-order valence-corrected chi connectivity index (χ4v) is 2.09. The maximum absolute atomic E-state index is 12.6. The molecule has 0 fully saturated rings. The Balaban J connectivity index is 2.36. The summed E-state index contributed by atoms with van der Waals surface area (Å²) in [6.45, 7) is 0. The lowest BCUT2D eigenvalue weighted by Gasteiger charge is -2.11. The van der Waals surface area contributed by atoms with E-state index < -0.39 is 11.7 Å². The van der Waals surface area contributed by atoms with Crippen molar-refractivity contribution in [2.75, 3.05) is 0 Å². The predicted molar refractivity (Wildman–Crippen MR) is 77.7 cm³/mol. The molecule has 0 saturated carbocycles. The van der Waals surface area contributed by atoms with Crippen LogP contribution >= 0.6 is 12.8 Å². The lowest BCUT2D eigenvalue weighted by atomic mass is 9.97. The van der Waals surface area contributed by atoms with Gasteiger partial charge in [-0.2, -0.15) is 13.2 Å². The van der Waals surface area contributed by atoms with Crippen LogP contribution in [0.5, 0.6) is 0 Å². The lowest BCUT2D eigenvalue weighted by molar-refractivity contribution is -0.137. The number of hydrogen-bond acceptors (Lipinski definition) is 2. The average Bonchev–Trinajstić information content (AvgIpc) is 2.47. The number of benzene rings is 2. The molecule has 0 heterocycles. The quantitative estimate of drug-likeness (QED) is 0.828. The molecule has 0 aliphatic rings. The molecule has 1 N–H and O–H groups in total. The highest BCUT2D eigenvalue weighted by Crippen LogP contribution is 2.31. The summed E-state index contributed by atoms with van der Waals surface area (Å²) in [6, 6.07) is 11.9. The van der Waals surface area contributed by atoms with Crippen LogP contribution < -0.4 is 4.72 Å². The Labute approximate surface area is 125 Å². The van der Waals surface area contributed by atoms with Gasteiger partial charge in [0.2, 0.25) is 5.91 Å². The highest BCUT2D eigenvalue weighted by Gasteiger charge is 2.30. The van der Waals surface area contributed by atoms with Crippen LogP contribution in [0.25, 0.3) is 11.1 Å². The summed E-state index contributed by atoms with van der Waals surface area (Å²) in [5.74, 6) is -0.280. The minimum absolute atomic E-state index is 0.112. The van der Waals surface area contributed by atoms with Crippen molar-refractivity contribution in [3.8, 4) is 11.1 Å². The number of rotatable bonds is 3. The Morgan fingerprint density at radius 3 is 2.24 bits per heavy atom. The van der Waals surface area contributed by atoms with Gasteiger partial charge in [-0.1, -0.05) is 49.2 Å². The van der Waals surface area contributed by atoms with Gasteiger partial charge in [-0.05, 0) is 28.8 Å². The fraction of sp³-hybridized carbons (Fsp3) is 0.133. The second-order valence-corrected chi connectivity index (χ2v) is 4.67. The van der Waals surface area contributed by atoms with Crippen molar-refractivity contribution in [3.05, 3.63) is 59.7 Å². The second kappa shape index (κ2) is 6.22. The van der Waals surface area contributed by atoms with E-state index >= 15 is 0 Å². The number of hydrogen-bond donors (Lipinski definition) is 2. The van der Waals surface area contributed by atoms with Gasteiger partial charge in [0.25, 0.3) is 0 Å². The highest BCUT2D eigenvalue weighted by atomic mass is 32.1. The number of thiol groups is 1. The van der Waals surface area contributed by atoms with Crippen molar-refractivity contribution in [3.63, 3.8) is 0 Å². The van der Waals surface area contributed by atoms with E-state index in [0.29, 0.717) is 5.56 Å². The molecule has 2 rings (SSSR count). The van der Waals surface area contributed by atoms with Crippen molar-refractivity contribution in [1.29, 1.82) is 0 Å². The largest absolute Gasteiger partial charge is 0.416 e. The second-order valence-electron chi connectivity index (χ2n) is 4.44. The van der Waals surface area contributed by atoms with E-state index in [2.05, 4.69) is 17.5 Å². The molecule has 0 radical (unpaired) electrons. The number of alkyl halides is 3. The first-order valence-electron chi connectivity index (χ1n) is 6.10. The van der Waals surface area contributed by atoms with E-state index in [1.165, 1.54) is 12.1 Å². The molecule has 6 heteroatoms. The first-order valence-corrected chi connectivity index (χ1v) is 6.55. The monoisotopic (exact) mass is 311 g/mol. The summed E-state index contributed by atoms with van der Waals surface area (Å²) in [6.07, 6.45) is -4.25. The first-order chi connectivity index (χ1) is 9.91. The van der Waals surface area contributed by atoms with Gasteiger partial charge in [0.05, 0.1) is 12.0 Å². The van der Waals surface area contributed by atoms with Gasteiger partial charge in [0.15, 0.2) is 0 Å². The van der Waals surface area contributed by atoms with Crippen LogP contribution in [0.3, 0.4) is 0 Å². The minimum atomic E-state index is -4.36. The Hall–Kier alpha value is -1.95. The Bertz CT molecular complexity index is 638. The van der Waals surface area contributed by atoms with Crippen LogP contribution in [0.4, 0.5) is 13.2 Å². The maximum atomic E-state index is 12.6. The molecule has 0 saturated heterocycles. The summed E-state index contributed by atoms with van der Waals surface area (Å²) < 4.78 is 39.9. The molecule has 0 atom stereocenters. The molecule has 0 aliphatic carbocycles. The molecule has 0 aromatic heterocycles. The van der Waals surface area contributed by atoms with Crippen LogP contribution in [0.1, 0.15) is 11.1 Å². The van der Waals surface area contributed by atoms with Crippen molar-refractivity contribution >= 4 is 18.7 Å². The third-order valence-electron chi connectivity index (χ3n) is 3.02. The molecule has 110 valence electrons. The third kappa shape index (κ3) is 3.78. The molecule has 2 aromatic rings. The number of carbonyl (C=O) groups is 1. The molecule has 21 heavy (non-hydrogen) atoms. The normalized spacial score (nSPS) is 11.2. The zero-order valence-corrected chi connectivity index (χ0v) is 11.7. The van der Waals surface area contributed by atoms with E-state index in [4.69, 9.17) is 0 Å². The van der Waals surface area contributed by atoms with E-state index in [9.17, 15) is 18.0 Å². The summed E-state index contributed by atoms with van der Waals surface area (Å²) in [4.78, 5) is 11.4. The first kappa shape index (κ1) is 15.4. The van der Waals surface area contributed by atoms with Crippen LogP contribution in [-0.2, 0) is 17.4 Å². The number of carbonyl (C=O) groups excluding carboxylic acids is 1. The molecule has 0 bridgehead atoms. The van der Waals surface area contributed by atoms with Crippen molar-refractivity contribution in [2.45, 2.75) is 12.6 Å². The van der Waals surface area contributed by atoms with E-state index in [1.54, 1.807) is 24.3 Å². The Morgan fingerprint density at radius 2 is 1.67 bits per heavy atom. The van der Waals surface area contributed by atoms with Crippen LogP contribution in [-0.4, -0.2) is 5.91 Å². The molecule has 2 aromatic carbocycles. The zero-order chi connectivity index (χ0) is 15.5. The highest BCUT2D eigenvalue weighted by molar-refractivity contribution is 7.78. The zero-order valence-electron chi connectivity index (χ0n) is 10.8. The van der Waals surface area contributed by atoms with Crippen LogP contribution in [0.2, 0.25) is 0 Å². The van der Waals surface area contributed by atoms with Gasteiger partial charge in [0, 0.05) is 0 Å². The minimum Gasteiger partial charge on any atom is -0.302 e. The fourth-order valence-electron chi connectivity index (χ4n) is 2.01. The molecule has 2 nitrogen and oxygen atoms in total. The third-order valence-corrected chi connectivity index (χ3v) is 3.27. The standard InChI is InChI=1S/C15H12F3NOS/c16-15(17,18)12-7-5-10(6-8-12)13-4-2-1-3-11(13)9-14(20)19-21/h1-8,21H,9H2,(H,19,20). The van der Waals surface area contributed by atoms with Gasteiger partial charge >= 0.3 is 6.18 Å². The number of halogens is 3. The summed E-state index contributed by atoms with van der Waals surface area (Å²) in [7, 11) is 0. The van der Waals surface area contributed by atoms with Crippen molar-refractivity contribution in [2.24, 2.45) is 0 Å². The number of amides is 1. The van der Waals surface area contributed by atoms with Gasteiger partial charge < -0.3 is 4.72 Å². The lowest BCUT2D eigenvalue weighted by Crippen LogP contribution is -2.15. The summed E-state index contributed by atoms with van der Waals surface area (Å²) >= 11 is 3.69. The molecule has 0 aliphatic heterocycles. The van der Waals surface area contributed by atoms with Crippen LogP contribution in [0.15, 0.2) is 48.5 Å². The molecule has 0 spiro atoms. The van der Waals surface area contributed by atoms with Gasteiger partial charge in [0.1, 0.15) is 0 Å². The molecule has 1 amide bonds. The molecular weight excluding hydrogens is 299 g/mol. The van der Waals surface area contributed by atoms with Crippen molar-refractivity contribution in [1.82, 2.24) is 4.72 Å². The van der Waals surface area contributed by atoms with Crippen LogP contribution in [0, 0.1) is 0 Å². The molecule has 0 unspecified atom stereocenters. The van der Waals surface area contributed by atoms with E-state index in [0.717, 1.165) is 23.3 Å². The van der Waals surface area contributed by atoms with Crippen molar-refractivity contribution < 1.29 is 18.0 Å². The van der Waals surface area contributed by atoms with Gasteiger partial charge in [-0.3, -0.25) is 4.79 Å². The Morgan fingerprint density at radius 1 is 1.05 bits per heavy atom. The predicted octanol–water partition coefficient (Wildman–Crippen LogP) is 3.88. The van der Waals surface area contributed by atoms with E-state index in [1.807, 2.05) is 0 Å². The summed E-state index contributed by atoms with van der Waals surface area (Å²) in [5.41, 5.74) is 1.38. The molecular formula is C15H12F3NOS. The van der Waals surface area contributed by atoms with Gasteiger partial charge in [-0.25, -0.2) is 0 Å². The van der Waals surface area contributed by atoms with E-state index in [-0.39, 0.29) is 12.3 Å². The smallest absolute Gasteiger partial charge is 0.302 e. The average molecular weight is 311 g/mol. The van der Waals surface area contributed by atoms with Gasteiger partial charge in [-0.15, -0.1) is 0 Å². The Kier molecular flexibility index (Phi) is 4.57. The summed E-state index contributed by atoms with van der Waals surface area (Å²) in [5, 5.41) is 0. The SMILES string of the molecule is O=C(Cc1ccccc1-c1ccc(C(F)(F)F)cc1)NS. The maximum Gasteiger partial charge on any atom is 0.416 e. The topological polar surface area (TPSA) is 29.1 Å². The number of nitrogens with one attached hydrogen (secondary N) is 1.